The summed E-state index contributed by atoms with van der Waals surface area (Å²) in [5.74, 6) is 0. The van der Waals surface area contributed by atoms with E-state index in [2.05, 4.69) is 10.2 Å². The molecular weight excluding hydrogens is 345 g/mol. The molecule has 0 saturated carbocycles. The third kappa shape index (κ3) is 3.77. The average molecular weight is 364 g/mol. The van der Waals surface area contributed by atoms with Crippen LogP contribution >= 0.6 is 23.2 Å². The van der Waals surface area contributed by atoms with E-state index in [1.165, 1.54) is 0 Å². The molecule has 0 radical (unpaired) electrons. The zero-order chi connectivity index (χ0) is 17.1. The first-order valence-corrected chi connectivity index (χ1v) is 8.62. The Morgan fingerprint density at radius 1 is 1.00 bits per heavy atom. The minimum atomic E-state index is -0.0869. The number of carbonyl (C=O) groups excluding carboxylic acids is 1. The second-order valence-corrected chi connectivity index (χ2v) is 6.64. The number of nitrogens with zero attached hydrogens (tertiary/aromatic N) is 2. The standard InChI is InChI=1S/C18H19Cl2N3O/c1-13-16(20)3-2-4-17(13)21-18(24)23-11-9-22(10-12-23)15-7-5-14(19)6-8-15/h2-8H,9-12H2,1H3,(H,21,24). The average Bonchev–Trinajstić information content (AvgIpc) is 2.60. The molecule has 24 heavy (non-hydrogen) atoms. The van der Waals surface area contributed by atoms with E-state index in [4.69, 9.17) is 23.2 Å². The van der Waals surface area contributed by atoms with Crippen molar-refractivity contribution in [2.45, 2.75) is 6.92 Å². The van der Waals surface area contributed by atoms with Gasteiger partial charge in [-0.3, -0.25) is 0 Å². The number of hydrogen-bond acceptors (Lipinski definition) is 2. The van der Waals surface area contributed by atoms with Gasteiger partial charge in [-0.2, -0.15) is 0 Å². The lowest BCUT2D eigenvalue weighted by molar-refractivity contribution is 0.208. The van der Waals surface area contributed by atoms with Gasteiger partial charge in [0, 0.05) is 47.6 Å². The van der Waals surface area contributed by atoms with E-state index in [1.54, 1.807) is 0 Å². The molecule has 0 bridgehead atoms. The smallest absolute Gasteiger partial charge is 0.321 e. The van der Waals surface area contributed by atoms with Crippen molar-refractivity contribution in [2.24, 2.45) is 0 Å². The van der Waals surface area contributed by atoms with E-state index in [1.807, 2.05) is 54.3 Å². The topological polar surface area (TPSA) is 35.6 Å². The van der Waals surface area contributed by atoms with Crippen molar-refractivity contribution in [2.75, 3.05) is 36.4 Å². The predicted molar refractivity (Wildman–Crippen MR) is 100 cm³/mol. The van der Waals surface area contributed by atoms with Crippen molar-refractivity contribution >= 4 is 40.6 Å². The Morgan fingerprint density at radius 2 is 1.67 bits per heavy atom. The number of anilines is 2. The summed E-state index contributed by atoms with van der Waals surface area (Å²) in [6.45, 7) is 4.84. The van der Waals surface area contributed by atoms with Gasteiger partial charge in [-0.25, -0.2) is 4.79 Å². The first-order chi connectivity index (χ1) is 11.5. The Labute approximate surface area is 152 Å². The van der Waals surface area contributed by atoms with Crippen LogP contribution in [0.5, 0.6) is 0 Å². The molecule has 1 fully saturated rings. The highest BCUT2D eigenvalue weighted by Crippen LogP contribution is 2.24. The van der Waals surface area contributed by atoms with Gasteiger partial charge in [0.2, 0.25) is 0 Å². The Kier molecular flexibility index (Phi) is 5.17. The van der Waals surface area contributed by atoms with Gasteiger partial charge in [-0.1, -0.05) is 29.3 Å². The van der Waals surface area contributed by atoms with E-state index >= 15 is 0 Å². The molecule has 1 N–H and O–H groups in total. The lowest BCUT2D eigenvalue weighted by Gasteiger charge is -2.36. The van der Waals surface area contributed by atoms with E-state index in [-0.39, 0.29) is 6.03 Å². The molecule has 1 aliphatic heterocycles. The van der Waals surface area contributed by atoms with Gasteiger partial charge in [-0.05, 0) is 48.9 Å². The lowest BCUT2D eigenvalue weighted by atomic mass is 10.2. The number of carbonyl (C=O) groups is 1. The molecule has 2 aromatic rings. The minimum absolute atomic E-state index is 0.0869. The summed E-state index contributed by atoms with van der Waals surface area (Å²) >= 11 is 12.0. The molecule has 0 atom stereocenters. The van der Waals surface area contributed by atoms with Crippen LogP contribution in [-0.2, 0) is 0 Å². The highest BCUT2D eigenvalue weighted by molar-refractivity contribution is 6.31. The normalized spacial score (nSPS) is 14.6. The maximum atomic E-state index is 12.5. The second kappa shape index (κ2) is 7.32. The molecule has 2 aromatic carbocycles. The van der Waals surface area contributed by atoms with Gasteiger partial charge in [0.05, 0.1) is 0 Å². The van der Waals surface area contributed by atoms with Crippen molar-refractivity contribution in [3.8, 4) is 0 Å². The maximum absolute atomic E-state index is 12.5. The van der Waals surface area contributed by atoms with Gasteiger partial charge in [0.25, 0.3) is 0 Å². The molecule has 0 aliphatic carbocycles. The van der Waals surface area contributed by atoms with Crippen LogP contribution in [0.25, 0.3) is 0 Å². The van der Waals surface area contributed by atoms with Crippen LogP contribution < -0.4 is 10.2 Å². The monoisotopic (exact) mass is 363 g/mol. The number of piperazine rings is 1. The molecule has 0 unspecified atom stereocenters. The number of nitrogens with one attached hydrogen (secondary N) is 1. The summed E-state index contributed by atoms with van der Waals surface area (Å²) in [5.41, 5.74) is 2.77. The molecule has 0 spiro atoms. The zero-order valence-corrected chi connectivity index (χ0v) is 14.9. The van der Waals surface area contributed by atoms with E-state index in [0.29, 0.717) is 18.1 Å². The molecule has 3 rings (SSSR count). The third-order valence-electron chi connectivity index (χ3n) is 4.27. The third-order valence-corrected chi connectivity index (χ3v) is 4.93. The molecule has 0 aromatic heterocycles. The highest BCUT2D eigenvalue weighted by Gasteiger charge is 2.21. The van der Waals surface area contributed by atoms with Gasteiger partial charge >= 0.3 is 6.03 Å². The number of hydrogen-bond donors (Lipinski definition) is 1. The minimum Gasteiger partial charge on any atom is -0.368 e. The van der Waals surface area contributed by atoms with E-state index in [0.717, 1.165) is 35.1 Å². The Bertz CT molecular complexity index is 726. The molecule has 2 amide bonds. The molecule has 6 heteroatoms. The summed E-state index contributed by atoms with van der Waals surface area (Å²) in [6.07, 6.45) is 0. The number of urea groups is 1. The molecular formula is C18H19Cl2N3O. The van der Waals surface area contributed by atoms with Crippen LogP contribution in [0.15, 0.2) is 42.5 Å². The quantitative estimate of drug-likeness (QED) is 0.842. The maximum Gasteiger partial charge on any atom is 0.321 e. The second-order valence-electron chi connectivity index (χ2n) is 5.79. The van der Waals surface area contributed by atoms with Crippen LogP contribution in [0.2, 0.25) is 10.0 Å². The fraction of sp³-hybridized carbons (Fsp3) is 0.278. The van der Waals surface area contributed by atoms with E-state index in [9.17, 15) is 4.79 Å². The van der Waals surface area contributed by atoms with Gasteiger partial charge in [-0.15, -0.1) is 0 Å². The van der Waals surface area contributed by atoms with Crippen LogP contribution in [-0.4, -0.2) is 37.1 Å². The fourth-order valence-electron chi connectivity index (χ4n) is 2.76. The molecule has 1 aliphatic rings. The number of amides is 2. The first-order valence-electron chi connectivity index (χ1n) is 7.86. The predicted octanol–water partition coefficient (Wildman–Crippen LogP) is 4.66. The zero-order valence-electron chi connectivity index (χ0n) is 13.4. The van der Waals surface area contributed by atoms with Crippen LogP contribution in [0.4, 0.5) is 16.2 Å². The van der Waals surface area contributed by atoms with Crippen molar-refractivity contribution in [3.05, 3.63) is 58.1 Å². The van der Waals surface area contributed by atoms with Crippen LogP contribution in [0, 0.1) is 6.92 Å². The molecule has 1 saturated heterocycles. The molecule has 126 valence electrons. The Morgan fingerprint density at radius 3 is 2.33 bits per heavy atom. The van der Waals surface area contributed by atoms with Crippen molar-refractivity contribution < 1.29 is 4.79 Å². The van der Waals surface area contributed by atoms with Crippen molar-refractivity contribution in [3.63, 3.8) is 0 Å². The van der Waals surface area contributed by atoms with E-state index < -0.39 is 0 Å². The van der Waals surface area contributed by atoms with Crippen LogP contribution in [0.1, 0.15) is 5.56 Å². The van der Waals surface area contributed by atoms with Gasteiger partial charge in [0.15, 0.2) is 0 Å². The summed E-state index contributed by atoms with van der Waals surface area (Å²) < 4.78 is 0. The summed E-state index contributed by atoms with van der Waals surface area (Å²) in [7, 11) is 0. The van der Waals surface area contributed by atoms with Crippen molar-refractivity contribution in [1.82, 2.24) is 4.90 Å². The van der Waals surface area contributed by atoms with Crippen molar-refractivity contribution in [1.29, 1.82) is 0 Å². The molecule has 1 heterocycles. The van der Waals surface area contributed by atoms with Gasteiger partial charge in [0.1, 0.15) is 0 Å². The van der Waals surface area contributed by atoms with Gasteiger partial charge < -0.3 is 15.1 Å². The fourth-order valence-corrected chi connectivity index (χ4v) is 3.06. The Balaban J connectivity index is 1.59. The lowest BCUT2D eigenvalue weighted by Crippen LogP contribution is -2.50. The Hall–Kier alpha value is -1.91. The summed E-state index contributed by atoms with van der Waals surface area (Å²) in [6, 6.07) is 13.2. The molecule has 4 nitrogen and oxygen atoms in total. The number of halogens is 2. The number of benzene rings is 2. The summed E-state index contributed by atoms with van der Waals surface area (Å²) in [4.78, 5) is 16.5. The summed E-state index contributed by atoms with van der Waals surface area (Å²) in [5, 5.41) is 4.33. The van der Waals surface area contributed by atoms with Crippen LogP contribution in [0.3, 0.4) is 0 Å². The number of rotatable bonds is 2. The highest BCUT2D eigenvalue weighted by atomic mass is 35.5. The SMILES string of the molecule is Cc1c(Cl)cccc1NC(=O)N1CCN(c2ccc(Cl)cc2)CC1. The first kappa shape index (κ1) is 16.9. The largest absolute Gasteiger partial charge is 0.368 e.